The van der Waals surface area contributed by atoms with Gasteiger partial charge in [-0.25, -0.2) is 9.18 Å². The lowest BCUT2D eigenvalue weighted by atomic mass is 10.2. The molecular formula is C16H18FN3O. The van der Waals surface area contributed by atoms with E-state index in [1.165, 1.54) is 6.07 Å². The zero-order chi connectivity index (χ0) is 15.2. The number of hydrogen-bond acceptors (Lipinski definition) is 2. The summed E-state index contributed by atoms with van der Waals surface area (Å²) < 4.78 is 13.4. The van der Waals surface area contributed by atoms with Crippen LogP contribution in [0.1, 0.15) is 5.56 Å². The molecule has 21 heavy (non-hydrogen) atoms. The minimum Gasteiger partial charge on any atom is -0.378 e. The largest absolute Gasteiger partial charge is 0.378 e. The molecular weight excluding hydrogens is 269 g/mol. The lowest BCUT2D eigenvalue weighted by Gasteiger charge is -2.14. The highest BCUT2D eigenvalue weighted by atomic mass is 19.1. The third-order valence-corrected chi connectivity index (χ3v) is 3.02. The molecule has 2 aromatic rings. The number of nitrogens with one attached hydrogen (secondary N) is 2. The summed E-state index contributed by atoms with van der Waals surface area (Å²) in [6, 6.07) is 13.5. The Morgan fingerprint density at radius 2 is 1.90 bits per heavy atom. The standard InChI is InChI=1S/C16H18FN3O/c1-20(2)14-8-5-7-13(10-14)19-16(21)18-11-12-6-3-4-9-15(12)17/h3-10H,11H2,1-2H3,(H2,18,19,21). The predicted molar refractivity (Wildman–Crippen MR) is 83.0 cm³/mol. The second-order valence-corrected chi connectivity index (χ2v) is 4.84. The molecule has 0 spiro atoms. The van der Waals surface area contributed by atoms with E-state index >= 15 is 0 Å². The fraction of sp³-hybridized carbons (Fsp3) is 0.188. The van der Waals surface area contributed by atoms with Gasteiger partial charge in [0, 0.05) is 37.6 Å². The number of urea groups is 1. The maximum Gasteiger partial charge on any atom is 0.319 e. The zero-order valence-corrected chi connectivity index (χ0v) is 12.1. The van der Waals surface area contributed by atoms with Crippen LogP contribution in [0.2, 0.25) is 0 Å². The molecule has 0 aliphatic rings. The van der Waals surface area contributed by atoms with E-state index in [0.29, 0.717) is 11.3 Å². The van der Waals surface area contributed by atoms with Gasteiger partial charge in [-0.3, -0.25) is 0 Å². The van der Waals surface area contributed by atoms with Gasteiger partial charge in [-0.1, -0.05) is 24.3 Å². The Kier molecular flexibility index (Phi) is 4.77. The molecule has 0 heterocycles. The highest BCUT2D eigenvalue weighted by molar-refractivity contribution is 5.89. The molecule has 4 nitrogen and oxygen atoms in total. The first-order chi connectivity index (χ1) is 10.1. The topological polar surface area (TPSA) is 44.4 Å². The fourth-order valence-electron chi connectivity index (χ4n) is 1.85. The molecule has 0 fully saturated rings. The van der Waals surface area contributed by atoms with E-state index in [9.17, 15) is 9.18 Å². The van der Waals surface area contributed by atoms with Gasteiger partial charge >= 0.3 is 6.03 Å². The Bertz CT molecular complexity index is 628. The molecule has 0 unspecified atom stereocenters. The van der Waals surface area contributed by atoms with Crippen molar-refractivity contribution in [3.05, 3.63) is 59.9 Å². The van der Waals surface area contributed by atoms with Gasteiger partial charge in [-0.05, 0) is 24.3 Å². The monoisotopic (exact) mass is 287 g/mol. The summed E-state index contributed by atoms with van der Waals surface area (Å²) in [6.45, 7) is 0.145. The summed E-state index contributed by atoms with van der Waals surface area (Å²) in [7, 11) is 3.86. The van der Waals surface area contributed by atoms with Crippen molar-refractivity contribution < 1.29 is 9.18 Å². The van der Waals surface area contributed by atoms with Crippen LogP contribution in [-0.4, -0.2) is 20.1 Å². The normalized spacial score (nSPS) is 10.0. The average Bonchev–Trinajstić information content (AvgIpc) is 2.46. The van der Waals surface area contributed by atoms with Crippen molar-refractivity contribution in [3.8, 4) is 0 Å². The van der Waals surface area contributed by atoms with Gasteiger partial charge in [0.05, 0.1) is 0 Å². The van der Waals surface area contributed by atoms with Crippen molar-refractivity contribution in [2.75, 3.05) is 24.3 Å². The molecule has 0 radical (unpaired) electrons. The second-order valence-electron chi connectivity index (χ2n) is 4.84. The summed E-state index contributed by atoms with van der Waals surface area (Å²) in [5.41, 5.74) is 2.13. The van der Waals surface area contributed by atoms with Crippen molar-refractivity contribution in [1.82, 2.24) is 5.32 Å². The minimum atomic E-state index is -0.367. The van der Waals surface area contributed by atoms with Crippen LogP contribution in [-0.2, 0) is 6.54 Å². The molecule has 2 rings (SSSR count). The Labute approximate surface area is 123 Å². The molecule has 0 aliphatic carbocycles. The van der Waals surface area contributed by atoms with Gasteiger partial charge in [0.2, 0.25) is 0 Å². The summed E-state index contributed by atoms with van der Waals surface area (Å²) in [4.78, 5) is 13.8. The quantitative estimate of drug-likeness (QED) is 0.907. The van der Waals surface area contributed by atoms with Crippen LogP contribution in [0.5, 0.6) is 0 Å². The van der Waals surface area contributed by atoms with Gasteiger partial charge in [0.1, 0.15) is 5.82 Å². The van der Waals surface area contributed by atoms with E-state index < -0.39 is 0 Å². The first-order valence-electron chi connectivity index (χ1n) is 6.62. The van der Waals surface area contributed by atoms with Gasteiger partial charge in [-0.15, -0.1) is 0 Å². The fourth-order valence-corrected chi connectivity index (χ4v) is 1.85. The van der Waals surface area contributed by atoms with E-state index in [0.717, 1.165) is 5.69 Å². The molecule has 0 saturated carbocycles. The Morgan fingerprint density at radius 3 is 2.62 bits per heavy atom. The average molecular weight is 287 g/mol. The third kappa shape index (κ3) is 4.21. The van der Waals surface area contributed by atoms with E-state index in [4.69, 9.17) is 0 Å². The maximum absolute atomic E-state index is 13.4. The number of carbonyl (C=O) groups excluding carboxylic acids is 1. The van der Waals surface area contributed by atoms with Crippen LogP contribution in [0.15, 0.2) is 48.5 Å². The van der Waals surface area contributed by atoms with Gasteiger partial charge in [0.15, 0.2) is 0 Å². The zero-order valence-electron chi connectivity index (χ0n) is 12.1. The van der Waals surface area contributed by atoms with E-state index in [-0.39, 0.29) is 18.4 Å². The number of amides is 2. The molecule has 110 valence electrons. The first kappa shape index (κ1) is 14.8. The van der Waals surface area contributed by atoms with Gasteiger partial charge in [-0.2, -0.15) is 0 Å². The highest BCUT2D eigenvalue weighted by Gasteiger charge is 2.05. The molecule has 0 aromatic heterocycles. The molecule has 2 N–H and O–H groups in total. The third-order valence-electron chi connectivity index (χ3n) is 3.02. The molecule has 2 amide bonds. The van der Waals surface area contributed by atoms with E-state index in [1.807, 2.05) is 37.2 Å². The Morgan fingerprint density at radius 1 is 1.14 bits per heavy atom. The molecule has 2 aromatic carbocycles. The molecule has 0 saturated heterocycles. The number of carbonyl (C=O) groups is 1. The minimum absolute atomic E-state index is 0.145. The Hall–Kier alpha value is -2.56. The second kappa shape index (κ2) is 6.74. The van der Waals surface area contributed by atoms with Crippen LogP contribution < -0.4 is 15.5 Å². The van der Waals surface area contributed by atoms with Crippen LogP contribution in [0.4, 0.5) is 20.6 Å². The summed E-state index contributed by atoms with van der Waals surface area (Å²) in [5.74, 6) is -0.326. The van der Waals surface area contributed by atoms with Crippen molar-refractivity contribution in [1.29, 1.82) is 0 Å². The number of hydrogen-bond donors (Lipinski definition) is 2. The number of halogens is 1. The number of anilines is 2. The van der Waals surface area contributed by atoms with Crippen LogP contribution >= 0.6 is 0 Å². The smallest absolute Gasteiger partial charge is 0.319 e. The van der Waals surface area contributed by atoms with Gasteiger partial charge < -0.3 is 15.5 Å². The van der Waals surface area contributed by atoms with Crippen molar-refractivity contribution >= 4 is 17.4 Å². The first-order valence-corrected chi connectivity index (χ1v) is 6.62. The van der Waals surface area contributed by atoms with Crippen molar-refractivity contribution in [2.45, 2.75) is 6.54 Å². The lowest BCUT2D eigenvalue weighted by Crippen LogP contribution is -2.28. The molecule has 5 heteroatoms. The molecule has 0 bridgehead atoms. The van der Waals surface area contributed by atoms with E-state index in [1.54, 1.807) is 24.3 Å². The van der Waals surface area contributed by atoms with Crippen LogP contribution in [0.3, 0.4) is 0 Å². The molecule has 0 aliphatic heterocycles. The van der Waals surface area contributed by atoms with E-state index in [2.05, 4.69) is 10.6 Å². The summed E-state index contributed by atoms with van der Waals surface area (Å²) in [6.07, 6.45) is 0. The highest BCUT2D eigenvalue weighted by Crippen LogP contribution is 2.17. The molecule has 0 atom stereocenters. The Balaban J connectivity index is 1.93. The SMILES string of the molecule is CN(C)c1cccc(NC(=O)NCc2ccccc2F)c1. The van der Waals surface area contributed by atoms with Crippen molar-refractivity contribution in [3.63, 3.8) is 0 Å². The summed E-state index contributed by atoms with van der Waals surface area (Å²) >= 11 is 0. The maximum atomic E-state index is 13.4. The van der Waals surface area contributed by atoms with Crippen molar-refractivity contribution in [2.24, 2.45) is 0 Å². The predicted octanol–water partition coefficient (Wildman–Crippen LogP) is 3.21. The number of benzene rings is 2. The lowest BCUT2D eigenvalue weighted by molar-refractivity contribution is 0.251. The number of rotatable bonds is 4. The van der Waals surface area contributed by atoms with Crippen LogP contribution in [0.25, 0.3) is 0 Å². The number of nitrogens with zero attached hydrogens (tertiary/aromatic N) is 1. The summed E-state index contributed by atoms with van der Waals surface area (Å²) in [5, 5.41) is 5.36. The van der Waals surface area contributed by atoms with Gasteiger partial charge in [0.25, 0.3) is 0 Å². The van der Waals surface area contributed by atoms with Crippen LogP contribution in [0, 0.1) is 5.82 Å².